The standard InChI is InChI=1S/C29H30N4O3S/c1-20-15-21(2)28(22(3)16-20)37(35,36)33-19-25-8-5-4-7-24(25)17-27(33)29(34)30-18-23-9-11-26(12-10-23)32-14-6-13-31-32/h4-16,27H,17-19H2,1-3H3,(H,30,34). The highest BCUT2D eigenvalue weighted by Crippen LogP contribution is 2.32. The maximum Gasteiger partial charge on any atom is 0.244 e. The van der Waals surface area contributed by atoms with E-state index in [1.165, 1.54) is 4.31 Å². The van der Waals surface area contributed by atoms with Crippen LogP contribution >= 0.6 is 0 Å². The van der Waals surface area contributed by atoms with Crippen molar-refractivity contribution < 1.29 is 13.2 Å². The van der Waals surface area contributed by atoms with Crippen LogP contribution < -0.4 is 5.32 Å². The number of hydrogen-bond acceptors (Lipinski definition) is 4. The smallest absolute Gasteiger partial charge is 0.244 e. The van der Waals surface area contributed by atoms with Crippen molar-refractivity contribution in [3.8, 4) is 5.69 Å². The summed E-state index contributed by atoms with van der Waals surface area (Å²) in [5.74, 6) is -0.309. The van der Waals surface area contributed by atoms with Gasteiger partial charge in [0.1, 0.15) is 6.04 Å². The first-order chi connectivity index (χ1) is 17.7. The van der Waals surface area contributed by atoms with Gasteiger partial charge in [0.15, 0.2) is 0 Å². The average Bonchev–Trinajstić information content (AvgIpc) is 3.41. The van der Waals surface area contributed by atoms with Crippen molar-refractivity contribution in [3.63, 3.8) is 0 Å². The predicted molar refractivity (Wildman–Crippen MR) is 143 cm³/mol. The lowest BCUT2D eigenvalue weighted by atomic mass is 9.95. The third-order valence-corrected chi connectivity index (χ3v) is 9.01. The van der Waals surface area contributed by atoms with Crippen molar-refractivity contribution in [2.24, 2.45) is 0 Å². The molecule has 1 aromatic heterocycles. The predicted octanol–water partition coefficient (Wildman–Crippen LogP) is 4.23. The van der Waals surface area contributed by atoms with E-state index in [0.29, 0.717) is 24.1 Å². The van der Waals surface area contributed by atoms with Crippen molar-refractivity contribution in [2.45, 2.75) is 51.2 Å². The van der Waals surface area contributed by atoms with E-state index in [9.17, 15) is 13.2 Å². The Labute approximate surface area is 217 Å². The van der Waals surface area contributed by atoms with Crippen molar-refractivity contribution in [3.05, 3.63) is 113 Å². The van der Waals surface area contributed by atoms with Gasteiger partial charge in [0.2, 0.25) is 15.9 Å². The summed E-state index contributed by atoms with van der Waals surface area (Å²) in [6.07, 6.45) is 3.91. The monoisotopic (exact) mass is 514 g/mol. The quantitative estimate of drug-likeness (QED) is 0.417. The molecular weight excluding hydrogens is 484 g/mol. The molecule has 7 nitrogen and oxygen atoms in total. The van der Waals surface area contributed by atoms with Crippen molar-refractivity contribution in [2.75, 3.05) is 0 Å². The maximum atomic E-state index is 14.0. The molecule has 0 saturated carbocycles. The first-order valence-corrected chi connectivity index (χ1v) is 13.7. The summed E-state index contributed by atoms with van der Waals surface area (Å²) in [6.45, 7) is 6.03. The zero-order chi connectivity index (χ0) is 26.2. The van der Waals surface area contributed by atoms with Crippen LogP contribution in [0.4, 0.5) is 0 Å². The molecule has 1 N–H and O–H groups in total. The Morgan fingerprint density at radius 2 is 1.65 bits per heavy atom. The Balaban J connectivity index is 1.42. The van der Waals surface area contributed by atoms with Gasteiger partial charge in [-0.1, -0.05) is 54.1 Å². The molecule has 4 aromatic rings. The summed E-state index contributed by atoms with van der Waals surface area (Å²) in [6, 6.07) is 20.2. The molecule has 1 unspecified atom stereocenters. The molecule has 0 spiro atoms. The van der Waals surface area contributed by atoms with E-state index < -0.39 is 16.1 Å². The molecule has 190 valence electrons. The minimum atomic E-state index is -3.93. The molecule has 0 saturated heterocycles. The molecule has 37 heavy (non-hydrogen) atoms. The van der Waals surface area contributed by atoms with Crippen LogP contribution in [0, 0.1) is 20.8 Å². The fourth-order valence-electron chi connectivity index (χ4n) is 5.16. The number of amides is 1. The van der Waals surface area contributed by atoms with Gasteiger partial charge in [-0.05, 0) is 73.2 Å². The first-order valence-electron chi connectivity index (χ1n) is 12.3. The molecule has 8 heteroatoms. The minimum Gasteiger partial charge on any atom is -0.351 e. The number of hydrogen-bond donors (Lipinski definition) is 1. The molecule has 3 aromatic carbocycles. The average molecular weight is 515 g/mol. The topological polar surface area (TPSA) is 84.3 Å². The van der Waals surface area contributed by atoms with E-state index >= 15 is 0 Å². The molecule has 5 rings (SSSR count). The van der Waals surface area contributed by atoms with Gasteiger partial charge >= 0.3 is 0 Å². The fraction of sp³-hybridized carbons (Fsp3) is 0.241. The van der Waals surface area contributed by atoms with Crippen molar-refractivity contribution in [1.29, 1.82) is 0 Å². The number of benzene rings is 3. The van der Waals surface area contributed by atoms with Crippen LogP contribution in [0.25, 0.3) is 5.69 Å². The van der Waals surface area contributed by atoms with Gasteiger partial charge < -0.3 is 5.32 Å². The van der Waals surface area contributed by atoms with Gasteiger partial charge in [0, 0.05) is 25.5 Å². The summed E-state index contributed by atoms with van der Waals surface area (Å²) in [5, 5.41) is 7.21. The second-order valence-corrected chi connectivity index (χ2v) is 11.4. The highest BCUT2D eigenvalue weighted by molar-refractivity contribution is 7.89. The minimum absolute atomic E-state index is 0.155. The molecular formula is C29H30N4O3S. The fourth-order valence-corrected chi connectivity index (χ4v) is 7.14. The van der Waals surface area contributed by atoms with Gasteiger partial charge in [0.25, 0.3) is 0 Å². The molecule has 0 fully saturated rings. The normalized spacial score (nSPS) is 15.8. The van der Waals surface area contributed by atoms with E-state index in [-0.39, 0.29) is 17.3 Å². The number of rotatable bonds is 6. The Morgan fingerprint density at radius 3 is 2.30 bits per heavy atom. The number of sulfonamides is 1. The molecule has 1 aliphatic rings. The van der Waals surface area contributed by atoms with Gasteiger partial charge in [-0.3, -0.25) is 4.79 Å². The zero-order valence-electron chi connectivity index (χ0n) is 21.2. The van der Waals surface area contributed by atoms with Gasteiger partial charge in [0.05, 0.1) is 10.6 Å². The van der Waals surface area contributed by atoms with Crippen LogP contribution in [-0.4, -0.2) is 34.5 Å². The molecule has 1 aliphatic heterocycles. The number of nitrogens with zero attached hydrogens (tertiary/aromatic N) is 3. The van der Waals surface area contributed by atoms with Crippen LogP contribution in [0.2, 0.25) is 0 Å². The Bertz CT molecular complexity index is 1520. The number of aryl methyl sites for hydroxylation is 3. The van der Waals surface area contributed by atoms with E-state index in [2.05, 4.69) is 10.4 Å². The lowest BCUT2D eigenvalue weighted by Gasteiger charge is -2.35. The van der Waals surface area contributed by atoms with Crippen LogP contribution in [0.1, 0.15) is 33.4 Å². The Morgan fingerprint density at radius 1 is 0.973 bits per heavy atom. The van der Waals surface area contributed by atoms with Gasteiger partial charge in [-0.25, -0.2) is 13.1 Å². The van der Waals surface area contributed by atoms with Crippen molar-refractivity contribution in [1.82, 2.24) is 19.4 Å². The first kappa shape index (κ1) is 24.9. The van der Waals surface area contributed by atoms with E-state index in [0.717, 1.165) is 27.9 Å². The van der Waals surface area contributed by atoms with Crippen LogP contribution in [-0.2, 0) is 34.3 Å². The number of aromatic nitrogens is 2. The van der Waals surface area contributed by atoms with E-state index in [4.69, 9.17) is 0 Å². The lowest BCUT2D eigenvalue weighted by Crippen LogP contribution is -2.52. The largest absolute Gasteiger partial charge is 0.351 e. The zero-order valence-corrected chi connectivity index (χ0v) is 22.0. The lowest BCUT2D eigenvalue weighted by molar-refractivity contribution is -0.125. The molecule has 0 radical (unpaired) electrons. The summed E-state index contributed by atoms with van der Waals surface area (Å²) >= 11 is 0. The van der Waals surface area contributed by atoms with E-state index in [1.807, 2.05) is 93.7 Å². The van der Waals surface area contributed by atoms with Gasteiger partial charge in [-0.15, -0.1) is 0 Å². The van der Waals surface area contributed by atoms with E-state index in [1.54, 1.807) is 10.9 Å². The number of nitrogens with one attached hydrogen (secondary N) is 1. The van der Waals surface area contributed by atoms with Crippen LogP contribution in [0.5, 0.6) is 0 Å². The molecule has 0 bridgehead atoms. The summed E-state index contributed by atoms with van der Waals surface area (Å²) in [5.41, 5.74) is 6.14. The highest BCUT2D eigenvalue weighted by Gasteiger charge is 2.40. The van der Waals surface area contributed by atoms with Crippen molar-refractivity contribution >= 4 is 15.9 Å². The molecule has 0 aliphatic carbocycles. The SMILES string of the molecule is Cc1cc(C)c(S(=O)(=O)N2Cc3ccccc3CC2C(=O)NCc2ccc(-n3cccn3)cc2)c(C)c1. The van der Waals surface area contributed by atoms with Gasteiger partial charge in [-0.2, -0.15) is 9.40 Å². The highest BCUT2D eigenvalue weighted by atomic mass is 32.2. The van der Waals surface area contributed by atoms with Crippen LogP contribution in [0.15, 0.2) is 84.0 Å². The number of carbonyl (C=O) groups excluding carboxylic acids is 1. The molecule has 1 atom stereocenters. The number of fused-ring (bicyclic) bond motifs is 1. The third-order valence-electron chi connectivity index (χ3n) is 6.85. The molecule has 2 heterocycles. The summed E-state index contributed by atoms with van der Waals surface area (Å²) in [7, 11) is -3.93. The molecule has 1 amide bonds. The van der Waals surface area contributed by atoms with Crippen LogP contribution in [0.3, 0.4) is 0 Å². The Hall–Kier alpha value is -3.75. The number of carbonyl (C=O) groups is 1. The second-order valence-electron chi connectivity index (χ2n) is 9.60. The summed E-state index contributed by atoms with van der Waals surface area (Å²) in [4.78, 5) is 13.8. The second kappa shape index (κ2) is 9.95. The summed E-state index contributed by atoms with van der Waals surface area (Å²) < 4.78 is 31.2. The third kappa shape index (κ3) is 4.95. The maximum absolute atomic E-state index is 14.0. The Kier molecular flexibility index (Phi) is 6.70.